The van der Waals surface area contributed by atoms with Gasteiger partial charge in [0.15, 0.2) is 0 Å². The first-order valence-electron chi connectivity index (χ1n) is 12.0. The molecule has 0 fully saturated rings. The van der Waals surface area contributed by atoms with Gasteiger partial charge in [0.1, 0.15) is 34.9 Å². The van der Waals surface area contributed by atoms with E-state index < -0.39 is 30.1 Å². The first kappa shape index (κ1) is 27.9. The SMILES string of the molecule is COc1cc(C)cc([C@@H]2[C@@H](c3ccc(OC)cc3OC)c3c(OC)cc(OC)cc3[C@H]2OC(=O)C(F)(F)F)c1. The van der Waals surface area contributed by atoms with Gasteiger partial charge in [-0.2, -0.15) is 13.2 Å². The van der Waals surface area contributed by atoms with Crippen LogP contribution in [0.5, 0.6) is 28.7 Å². The highest BCUT2D eigenvalue weighted by atomic mass is 19.4. The molecule has 0 saturated heterocycles. The monoisotopic (exact) mass is 546 g/mol. The molecule has 0 unspecified atom stereocenters. The van der Waals surface area contributed by atoms with Crippen molar-refractivity contribution in [3.8, 4) is 28.7 Å². The summed E-state index contributed by atoms with van der Waals surface area (Å²) in [5.41, 5.74) is 2.93. The number of carbonyl (C=O) groups excluding carboxylic acids is 1. The Hall–Kier alpha value is -4.08. The van der Waals surface area contributed by atoms with E-state index in [0.717, 1.165) is 5.56 Å². The molecule has 0 bridgehead atoms. The summed E-state index contributed by atoms with van der Waals surface area (Å²) in [6.07, 6.45) is -6.55. The minimum absolute atomic E-state index is 0.331. The van der Waals surface area contributed by atoms with Gasteiger partial charge in [0.2, 0.25) is 0 Å². The molecule has 0 heterocycles. The highest BCUT2D eigenvalue weighted by Crippen LogP contribution is 2.60. The summed E-state index contributed by atoms with van der Waals surface area (Å²) in [4.78, 5) is 12.3. The lowest BCUT2D eigenvalue weighted by molar-refractivity contribution is -0.206. The maximum atomic E-state index is 13.5. The molecule has 3 aromatic carbocycles. The van der Waals surface area contributed by atoms with Gasteiger partial charge in [-0.15, -0.1) is 0 Å². The Morgan fingerprint density at radius 3 is 1.92 bits per heavy atom. The Bertz CT molecular complexity index is 1370. The van der Waals surface area contributed by atoms with E-state index in [4.69, 9.17) is 28.4 Å². The number of fused-ring (bicyclic) bond motifs is 1. The van der Waals surface area contributed by atoms with Gasteiger partial charge in [0.05, 0.1) is 35.5 Å². The van der Waals surface area contributed by atoms with Crippen molar-refractivity contribution in [1.29, 1.82) is 0 Å². The number of alkyl halides is 3. The number of aryl methyl sites for hydroxylation is 1. The van der Waals surface area contributed by atoms with Crippen LogP contribution in [0.25, 0.3) is 0 Å². The predicted octanol–water partition coefficient (Wildman–Crippen LogP) is 6.11. The lowest BCUT2D eigenvalue weighted by atomic mass is 9.79. The van der Waals surface area contributed by atoms with Gasteiger partial charge in [-0.05, 0) is 42.3 Å². The minimum Gasteiger partial charge on any atom is -0.497 e. The zero-order valence-electron chi connectivity index (χ0n) is 22.3. The van der Waals surface area contributed by atoms with Gasteiger partial charge in [-0.1, -0.05) is 12.1 Å². The quantitative estimate of drug-likeness (QED) is 0.316. The van der Waals surface area contributed by atoms with Crippen molar-refractivity contribution in [2.75, 3.05) is 35.5 Å². The van der Waals surface area contributed by atoms with Crippen molar-refractivity contribution in [2.45, 2.75) is 31.0 Å². The average molecular weight is 547 g/mol. The summed E-state index contributed by atoms with van der Waals surface area (Å²) in [6, 6.07) is 13.8. The Labute approximate surface area is 224 Å². The number of hydrogen-bond acceptors (Lipinski definition) is 7. The predicted molar refractivity (Wildman–Crippen MR) is 136 cm³/mol. The number of ether oxygens (including phenoxy) is 6. The molecule has 10 heteroatoms. The molecule has 3 atom stereocenters. The zero-order chi connectivity index (χ0) is 28.5. The number of carbonyl (C=O) groups is 1. The second kappa shape index (κ2) is 11.0. The van der Waals surface area contributed by atoms with Crippen molar-refractivity contribution in [3.05, 3.63) is 76.3 Å². The van der Waals surface area contributed by atoms with E-state index in [1.165, 1.54) is 35.5 Å². The summed E-state index contributed by atoms with van der Waals surface area (Å²) in [5, 5.41) is 0. The molecule has 0 radical (unpaired) electrons. The van der Waals surface area contributed by atoms with Gasteiger partial charge < -0.3 is 28.4 Å². The van der Waals surface area contributed by atoms with Gasteiger partial charge in [0.25, 0.3) is 0 Å². The molecule has 0 N–H and O–H groups in total. The molecule has 7 nitrogen and oxygen atoms in total. The maximum absolute atomic E-state index is 13.5. The van der Waals surface area contributed by atoms with Crippen LogP contribution in [-0.2, 0) is 9.53 Å². The van der Waals surface area contributed by atoms with E-state index in [1.54, 1.807) is 42.5 Å². The Kier molecular flexibility index (Phi) is 7.85. The van der Waals surface area contributed by atoms with Crippen molar-refractivity contribution >= 4 is 5.97 Å². The highest BCUT2D eigenvalue weighted by Gasteiger charge is 2.51. The van der Waals surface area contributed by atoms with Gasteiger partial charge in [-0.25, -0.2) is 4.79 Å². The Morgan fingerprint density at radius 2 is 1.33 bits per heavy atom. The van der Waals surface area contributed by atoms with Crippen molar-refractivity contribution in [3.63, 3.8) is 0 Å². The Morgan fingerprint density at radius 1 is 0.718 bits per heavy atom. The number of benzene rings is 3. The van der Waals surface area contributed by atoms with Crippen LogP contribution in [0.3, 0.4) is 0 Å². The van der Waals surface area contributed by atoms with Crippen LogP contribution in [0, 0.1) is 6.92 Å². The molecule has 4 rings (SSSR count). The van der Waals surface area contributed by atoms with Crippen LogP contribution in [-0.4, -0.2) is 47.7 Å². The van der Waals surface area contributed by atoms with Gasteiger partial charge in [0, 0.05) is 40.7 Å². The van der Waals surface area contributed by atoms with Crippen LogP contribution in [0.15, 0.2) is 48.5 Å². The molecular weight excluding hydrogens is 517 g/mol. The van der Waals surface area contributed by atoms with Crippen molar-refractivity contribution in [1.82, 2.24) is 0 Å². The van der Waals surface area contributed by atoms with E-state index in [2.05, 4.69) is 0 Å². The lowest BCUT2D eigenvalue weighted by Gasteiger charge is -2.28. The Balaban J connectivity index is 2.07. The largest absolute Gasteiger partial charge is 0.497 e. The first-order chi connectivity index (χ1) is 18.6. The molecule has 3 aromatic rings. The molecule has 208 valence electrons. The van der Waals surface area contributed by atoms with Crippen LogP contribution in [0.1, 0.15) is 45.8 Å². The molecular formula is C29H29F3O7. The number of halogens is 3. The van der Waals surface area contributed by atoms with Crippen molar-refractivity contribution < 1.29 is 46.4 Å². The number of rotatable bonds is 8. The third-order valence-corrected chi connectivity index (χ3v) is 6.84. The van der Waals surface area contributed by atoms with E-state index in [9.17, 15) is 18.0 Å². The number of esters is 1. The number of methoxy groups -OCH3 is 5. The number of hydrogen-bond donors (Lipinski definition) is 0. The normalized spacial score (nSPS) is 18.2. The summed E-state index contributed by atoms with van der Waals surface area (Å²) >= 11 is 0. The fourth-order valence-corrected chi connectivity index (χ4v) is 5.22. The first-order valence-corrected chi connectivity index (χ1v) is 12.0. The van der Waals surface area contributed by atoms with E-state index >= 15 is 0 Å². The molecule has 0 amide bonds. The summed E-state index contributed by atoms with van der Waals surface area (Å²) in [6.45, 7) is 1.84. The van der Waals surface area contributed by atoms with E-state index in [1.807, 2.05) is 13.0 Å². The maximum Gasteiger partial charge on any atom is 0.490 e. The van der Waals surface area contributed by atoms with Gasteiger partial charge >= 0.3 is 12.1 Å². The zero-order valence-corrected chi connectivity index (χ0v) is 22.3. The highest BCUT2D eigenvalue weighted by molar-refractivity contribution is 5.76. The molecule has 0 spiro atoms. The third-order valence-electron chi connectivity index (χ3n) is 6.84. The fourth-order valence-electron chi connectivity index (χ4n) is 5.22. The summed E-state index contributed by atoms with van der Waals surface area (Å²) in [5.74, 6) is -1.59. The summed E-state index contributed by atoms with van der Waals surface area (Å²) in [7, 11) is 7.40. The topological polar surface area (TPSA) is 72.5 Å². The molecule has 39 heavy (non-hydrogen) atoms. The van der Waals surface area contributed by atoms with Crippen LogP contribution < -0.4 is 23.7 Å². The minimum atomic E-state index is -5.20. The molecule has 1 aliphatic carbocycles. The molecule has 0 aromatic heterocycles. The third kappa shape index (κ3) is 5.28. The second-order valence-electron chi connectivity index (χ2n) is 9.05. The average Bonchev–Trinajstić information content (AvgIpc) is 3.24. The second-order valence-corrected chi connectivity index (χ2v) is 9.05. The van der Waals surface area contributed by atoms with Crippen LogP contribution in [0.2, 0.25) is 0 Å². The fraction of sp³-hybridized carbons (Fsp3) is 0.345. The van der Waals surface area contributed by atoms with Gasteiger partial charge in [-0.3, -0.25) is 0 Å². The molecule has 1 aliphatic rings. The van der Waals surface area contributed by atoms with Crippen LogP contribution >= 0.6 is 0 Å². The lowest BCUT2D eigenvalue weighted by Crippen LogP contribution is -2.28. The van der Waals surface area contributed by atoms with Crippen molar-refractivity contribution in [2.24, 2.45) is 0 Å². The standard InChI is InChI=1S/C29H29F3O7/c1-15-9-16(11-18(10-15)35-3)24-26(20-8-7-17(34-2)13-22(20)37-5)25-21(12-19(36-4)14-23(25)38-6)27(24)39-28(33)29(30,31)32/h7-14,24,26-27H,1-6H3/t24-,26-,27-/m1/s1. The molecule has 0 saturated carbocycles. The van der Waals surface area contributed by atoms with E-state index in [0.29, 0.717) is 51.0 Å². The molecule has 0 aliphatic heterocycles. The van der Waals surface area contributed by atoms with Crippen LogP contribution in [0.4, 0.5) is 13.2 Å². The summed E-state index contributed by atoms with van der Waals surface area (Å²) < 4.78 is 73.5. The van der Waals surface area contributed by atoms with E-state index in [-0.39, 0.29) is 0 Å². The smallest absolute Gasteiger partial charge is 0.490 e.